The van der Waals surface area contributed by atoms with E-state index in [1.165, 1.54) is 0 Å². The van der Waals surface area contributed by atoms with Gasteiger partial charge < -0.3 is 5.32 Å². The van der Waals surface area contributed by atoms with Crippen molar-refractivity contribution in [1.29, 1.82) is 0 Å². The molecule has 0 unspecified atom stereocenters. The number of carbonyl (C=O) groups excluding carboxylic acids is 1. The molecule has 0 bridgehead atoms. The second kappa shape index (κ2) is 6.44. The Labute approximate surface area is 126 Å². The molecule has 0 spiro atoms. The quantitative estimate of drug-likeness (QED) is 0.862. The summed E-state index contributed by atoms with van der Waals surface area (Å²) in [5.41, 5.74) is 4.02. The molecule has 0 aliphatic heterocycles. The Hall–Kier alpha value is -2.29. The van der Waals surface area contributed by atoms with E-state index in [0.717, 1.165) is 22.5 Å². The summed E-state index contributed by atoms with van der Waals surface area (Å²) in [5, 5.41) is 3.05. The molecule has 110 valence electrons. The monoisotopic (exact) mass is 282 g/mol. The van der Waals surface area contributed by atoms with Crippen molar-refractivity contribution in [1.82, 2.24) is 0 Å². The number of para-hydroxylation sites is 2. The van der Waals surface area contributed by atoms with Gasteiger partial charge in [-0.2, -0.15) is 0 Å². The van der Waals surface area contributed by atoms with Crippen molar-refractivity contribution in [2.45, 2.75) is 26.7 Å². The van der Waals surface area contributed by atoms with E-state index >= 15 is 0 Å². The first-order valence-corrected chi connectivity index (χ1v) is 7.20. The maximum atomic E-state index is 12.5. The van der Waals surface area contributed by atoms with Gasteiger partial charge in [0.25, 0.3) is 0 Å². The Morgan fingerprint density at radius 2 is 1.71 bits per heavy atom. The molecule has 21 heavy (non-hydrogen) atoms. The van der Waals surface area contributed by atoms with Crippen molar-refractivity contribution in [3.05, 3.63) is 59.7 Å². The summed E-state index contributed by atoms with van der Waals surface area (Å²) in [5.74, 6) is 0.363. The third-order valence-corrected chi connectivity index (χ3v) is 3.61. The predicted octanol–water partition coefficient (Wildman–Crippen LogP) is 4.79. The predicted molar refractivity (Wildman–Crippen MR) is 89.1 cm³/mol. The summed E-state index contributed by atoms with van der Waals surface area (Å²) >= 11 is 0. The van der Waals surface area contributed by atoms with Gasteiger partial charge in [-0.15, -0.1) is 0 Å². The molecule has 2 rings (SSSR count). The third-order valence-electron chi connectivity index (χ3n) is 3.61. The number of amides is 2. The van der Waals surface area contributed by atoms with Gasteiger partial charge in [-0.3, -0.25) is 4.90 Å². The highest BCUT2D eigenvalue weighted by molar-refractivity contribution is 6.02. The second-order valence-corrected chi connectivity index (χ2v) is 5.52. The minimum absolute atomic E-state index is 0.127. The highest BCUT2D eigenvalue weighted by atomic mass is 16.2. The topological polar surface area (TPSA) is 32.3 Å². The molecule has 0 aliphatic rings. The van der Waals surface area contributed by atoms with Crippen LogP contribution in [0.4, 0.5) is 16.2 Å². The van der Waals surface area contributed by atoms with Crippen LogP contribution < -0.4 is 10.2 Å². The van der Waals surface area contributed by atoms with Crippen molar-refractivity contribution >= 4 is 17.4 Å². The summed E-state index contributed by atoms with van der Waals surface area (Å²) in [7, 11) is 1.78. The average molecular weight is 282 g/mol. The Morgan fingerprint density at radius 3 is 2.33 bits per heavy atom. The largest absolute Gasteiger partial charge is 0.326 e. The van der Waals surface area contributed by atoms with Gasteiger partial charge in [-0.05, 0) is 36.1 Å². The first kappa shape index (κ1) is 15.1. The van der Waals surface area contributed by atoms with E-state index in [-0.39, 0.29) is 6.03 Å². The zero-order valence-corrected chi connectivity index (χ0v) is 13.1. The van der Waals surface area contributed by atoms with Crippen LogP contribution in [0.5, 0.6) is 0 Å². The SMILES string of the molecule is Cc1cccc(C(C)C)c1NC(=O)N(C)c1ccccc1. The molecule has 0 aromatic heterocycles. The molecule has 3 heteroatoms. The molecule has 3 nitrogen and oxygen atoms in total. The number of hydrogen-bond donors (Lipinski definition) is 1. The molecule has 0 fully saturated rings. The van der Waals surface area contributed by atoms with Gasteiger partial charge in [0.05, 0.1) is 0 Å². The number of nitrogens with zero attached hydrogens (tertiary/aromatic N) is 1. The van der Waals surface area contributed by atoms with Crippen LogP contribution in [0.2, 0.25) is 0 Å². The molecule has 0 aliphatic carbocycles. The van der Waals surface area contributed by atoms with Crippen LogP contribution in [0, 0.1) is 6.92 Å². The molecule has 0 atom stereocenters. The highest BCUT2D eigenvalue weighted by Gasteiger charge is 2.15. The maximum absolute atomic E-state index is 12.5. The van der Waals surface area contributed by atoms with E-state index in [0.29, 0.717) is 5.92 Å². The summed E-state index contributed by atoms with van der Waals surface area (Å²) < 4.78 is 0. The molecular weight excluding hydrogens is 260 g/mol. The number of nitrogens with one attached hydrogen (secondary N) is 1. The van der Waals surface area contributed by atoms with Crippen molar-refractivity contribution in [2.75, 3.05) is 17.3 Å². The van der Waals surface area contributed by atoms with Gasteiger partial charge in [-0.1, -0.05) is 50.2 Å². The van der Waals surface area contributed by atoms with Gasteiger partial charge in [0.2, 0.25) is 0 Å². The fraction of sp³-hybridized carbons (Fsp3) is 0.278. The number of rotatable bonds is 3. The van der Waals surface area contributed by atoms with E-state index in [9.17, 15) is 4.79 Å². The van der Waals surface area contributed by atoms with E-state index in [2.05, 4.69) is 25.2 Å². The first-order valence-electron chi connectivity index (χ1n) is 7.20. The van der Waals surface area contributed by atoms with Crippen LogP contribution >= 0.6 is 0 Å². The molecule has 1 N–H and O–H groups in total. The highest BCUT2D eigenvalue weighted by Crippen LogP contribution is 2.28. The fourth-order valence-electron chi connectivity index (χ4n) is 2.30. The lowest BCUT2D eigenvalue weighted by molar-refractivity contribution is 0.258. The summed E-state index contributed by atoms with van der Waals surface area (Å²) in [6.45, 7) is 6.28. The molecule has 0 heterocycles. The zero-order chi connectivity index (χ0) is 15.4. The van der Waals surface area contributed by atoms with Gasteiger partial charge >= 0.3 is 6.03 Å². The maximum Gasteiger partial charge on any atom is 0.326 e. The van der Waals surface area contributed by atoms with Crippen LogP contribution in [0.3, 0.4) is 0 Å². The lowest BCUT2D eigenvalue weighted by Gasteiger charge is -2.21. The number of benzene rings is 2. The molecule has 0 radical (unpaired) electrons. The smallest absolute Gasteiger partial charge is 0.307 e. The van der Waals surface area contributed by atoms with Crippen molar-refractivity contribution < 1.29 is 4.79 Å². The summed E-state index contributed by atoms with van der Waals surface area (Å²) in [6, 6.07) is 15.6. The minimum Gasteiger partial charge on any atom is -0.307 e. The fourth-order valence-corrected chi connectivity index (χ4v) is 2.30. The summed E-state index contributed by atoms with van der Waals surface area (Å²) in [4.78, 5) is 14.1. The number of hydrogen-bond acceptors (Lipinski definition) is 1. The van der Waals surface area contributed by atoms with Crippen LogP contribution in [0.1, 0.15) is 30.9 Å². The Kier molecular flexibility index (Phi) is 4.63. The van der Waals surface area contributed by atoms with Crippen LogP contribution in [-0.2, 0) is 0 Å². The van der Waals surface area contributed by atoms with E-state index in [1.54, 1.807) is 11.9 Å². The Morgan fingerprint density at radius 1 is 1.05 bits per heavy atom. The van der Waals surface area contributed by atoms with Gasteiger partial charge in [0.1, 0.15) is 0 Å². The molecule has 0 saturated heterocycles. The zero-order valence-electron chi connectivity index (χ0n) is 13.1. The minimum atomic E-state index is -0.127. The molecular formula is C18H22N2O. The van der Waals surface area contributed by atoms with Crippen molar-refractivity contribution in [2.24, 2.45) is 0 Å². The Balaban J connectivity index is 2.24. The van der Waals surface area contributed by atoms with Crippen LogP contribution in [0.25, 0.3) is 0 Å². The summed E-state index contributed by atoms with van der Waals surface area (Å²) in [6.07, 6.45) is 0. The second-order valence-electron chi connectivity index (χ2n) is 5.52. The first-order chi connectivity index (χ1) is 10.0. The number of aryl methyl sites for hydroxylation is 1. The standard InChI is InChI=1S/C18H22N2O/c1-13(2)16-12-8-9-14(3)17(16)19-18(21)20(4)15-10-6-5-7-11-15/h5-13H,1-4H3,(H,19,21). The van der Waals surface area contributed by atoms with E-state index < -0.39 is 0 Å². The van der Waals surface area contributed by atoms with Crippen molar-refractivity contribution in [3.63, 3.8) is 0 Å². The van der Waals surface area contributed by atoms with E-state index in [1.807, 2.05) is 49.4 Å². The van der Waals surface area contributed by atoms with Crippen molar-refractivity contribution in [3.8, 4) is 0 Å². The lowest BCUT2D eigenvalue weighted by Crippen LogP contribution is -2.31. The third kappa shape index (κ3) is 3.43. The Bertz CT molecular complexity index is 620. The molecule has 2 aromatic rings. The van der Waals surface area contributed by atoms with Crippen LogP contribution in [0.15, 0.2) is 48.5 Å². The lowest BCUT2D eigenvalue weighted by atomic mass is 9.98. The molecule has 2 amide bonds. The molecule has 0 saturated carbocycles. The number of anilines is 2. The average Bonchev–Trinajstić information content (AvgIpc) is 2.49. The van der Waals surface area contributed by atoms with Gasteiger partial charge in [0.15, 0.2) is 0 Å². The number of urea groups is 1. The normalized spacial score (nSPS) is 10.5. The van der Waals surface area contributed by atoms with Gasteiger partial charge in [0, 0.05) is 18.4 Å². The number of carbonyl (C=O) groups is 1. The molecule has 2 aromatic carbocycles. The van der Waals surface area contributed by atoms with Gasteiger partial charge in [-0.25, -0.2) is 4.79 Å². The van der Waals surface area contributed by atoms with Crippen LogP contribution in [-0.4, -0.2) is 13.1 Å². The van der Waals surface area contributed by atoms with E-state index in [4.69, 9.17) is 0 Å².